The molecular formula is C25H25N3O3S2. The monoisotopic (exact) mass is 479 g/mol. The molecule has 0 amide bonds. The second-order valence-electron chi connectivity index (χ2n) is 8.48. The van der Waals surface area contributed by atoms with Crippen molar-refractivity contribution >= 4 is 31.6 Å². The van der Waals surface area contributed by atoms with Crippen molar-refractivity contribution in [1.82, 2.24) is 9.66 Å². The average Bonchev–Trinajstić information content (AvgIpc) is 3.21. The molecule has 33 heavy (non-hydrogen) atoms. The summed E-state index contributed by atoms with van der Waals surface area (Å²) in [4.78, 5) is 21.1. The summed E-state index contributed by atoms with van der Waals surface area (Å²) in [5, 5.41) is 0.606. The van der Waals surface area contributed by atoms with Crippen molar-refractivity contribution in [3.63, 3.8) is 0 Å². The minimum absolute atomic E-state index is 0.130. The molecule has 170 valence electrons. The van der Waals surface area contributed by atoms with Crippen LogP contribution in [0.25, 0.3) is 20.8 Å². The molecule has 0 spiro atoms. The zero-order chi connectivity index (χ0) is 23.0. The van der Waals surface area contributed by atoms with Crippen molar-refractivity contribution in [2.75, 3.05) is 4.83 Å². The highest BCUT2D eigenvalue weighted by Gasteiger charge is 2.23. The maximum absolute atomic E-state index is 13.7. The molecule has 0 fully saturated rings. The van der Waals surface area contributed by atoms with Gasteiger partial charge in [-0.25, -0.2) is 14.5 Å². The quantitative estimate of drug-likeness (QED) is 0.445. The number of nitrogens with zero attached hydrogens (tertiary/aromatic N) is 2. The fraction of sp³-hybridized carbons (Fsp3) is 0.280. The van der Waals surface area contributed by atoms with Crippen LogP contribution in [0.5, 0.6) is 0 Å². The molecule has 1 N–H and O–H groups in total. The molecule has 1 aliphatic rings. The topological polar surface area (TPSA) is 81.1 Å². The first kappa shape index (κ1) is 21.9. The van der Waals surface area contributed by atoms with Gasteiger partial charge in [-0.05, 0) is 68.5 Å². The van der Waals surface area contributed by atoms with E-state index in [1.165, 1.54) is 16.0 Å². The summed E-state index contributed by atoms with van der Waals surface area (Å²) in [5.41, 5.74) is 3.60. The molecular weight excluding hydrogens is 454 g/mol. The van der Waals surface area contributed by atoms with E-state index in [0.29, 0.717) is 17.0 Å². The molecule has 0 saturated carbocycles. The number of aryl methyl sites for hydroxylation is 2. The largest absolute Gasteiger partial charge is 0.280 e. The summed E-state index contributed by atoms with van der Waals surface area (Å²) >= 11 is 1.45. The molecule has 6 nitrogen and oxygen atoms in total. The highest BCUT2D eigenvalue weighted by Crippen LogP contribution is 2.30. The van der Waals surface area contributed by atoms with E-state index in [9.17, 15) is 13.2 Å². The molecule has 4 aromatic rings. The SMILES string of the molecule is Cc1ccc(S(=O)(=O)Nn2c3c(cc(-c4nc5ccccc5s4)c2=O)CCCCCC3)cc1. The number of rotatable bonds is 4. The minimum Gasteiger partial charge on any atom is -0.267 e. The normalized spacial score (nSPS) is 14.5. The van der Waals surface area contributed by atoms with Crippen LogP contribution in [0.3, 0.4) is 0 Å². The number of nitrogens with one attached hydrogen (secondary N) is 1. The van der Waals surface area contributed by atoms with Gasteiger partial charge in [-0.2, -0.15) is 8.42 Å². The van der Waals surface area contributed by atoms with E-state index >= 15 is 0 Å². The van der Waals surface area contributed by atoms with Crippen LogP contribution < -0.4 is 10.4 Å². The molecule has 0 unspecified atom stereocenters. The Balaban J connectivity index is 1.68. The predicted molar refractivity (Wildman–Crippen MR) is 133 cm³/mol. The van der Waals surface area contributed by atoms with E-state index in [0.717, 1.165) is 59.1 Å². The molecule has 0 bridgehead atoms. The van der Waals surface area contributed by atoms with Crippen molar-refractivity contribution in [3.8, 4) is 10.6 Å². The lowest BCUT2D eigenvalue weighted by atomic mass is 9.96. The maximum Gasteiger partial charge on any atom is 0.280 e. The van der Waals surface area contributed by atoms with Gasteiger partial charge in [0, 0.05) is 5.69 Å². The summed E-state index contributed by atoms with van der Waals surface area (Å²) in [7, 11) is -3.93. The highest BCUT2D eigenvalue weighted by molar-refractivity contribution is 7.92. The Morgan fingerprint density at radius 2 is 1.70 bits per heavy atom. The van der Waals surface area contributed by atoms with Crippen LogP contribution in [0.4, 0.5) is 0 Å². The Bertz CT molecular complexity index is 1450. The molecule has 2 aromatic carbocycles. The molecule has 5 rings (SSSR count). The number of sulfonamides is 1. The van der Waals surface area contributed by atoms with E-state index < -0.39 is 10.0 Å². The van der Waals surface area contributed by atoms with Crippen molar-refractivity contribution in [2.45, 2.75) is 50.3 Å². The summed E-state index contributed by atoms with van der Waals surface area (Å²) in [6, 6.07) is 16.3. The van der Waals surface area contributed by atoms with Gasteiger partial charge in [0.25, 0.3) is 15.6 Å². The van der Waals surface area contributed by atoms with Crippen LogP contribution in [0.2, 0.25) is 0 Å². The summed E-state index contributed by atoms with van der Waals surface area (Å²) in [6.45, 7) is 1.90. The Hall–Kier alpha value is -2.97. The van der Waals surface area contributed by atoms with Gasteiger partial charge in [-0.3, -0.25) is 4.79 Å². The van der Waals surface area contributed by atoms with Crippen LogP contribution in [-0.2, 0) is 22.9 Å². The van der Waals surface area contributed by atoms with E-state index in [2.05, 4.69) is 9.82 Å². The number of fused-ring (bicyclic) bond motifs is 2. The molecule has 1 aliphatic carbocycles. The van der Waals surface area contributed by atoms with Crippen molar-refractivity contribution < 1.29 is 8.42 Å². The molecule has 0 aliphatic heterocycles. The van der Waals surface area contributed by atoms with Crippen LogP contribution in [0.15, 0.2) is 64.3 Å². The van der Waals surface area contributed by atoms with Gasteiger partial charge < -0.3 is 0 Å². The zero-order valence-electron chi connectivity index (χ0n) is 18.4. The van der Waals surface area contributed by atoms with Gasteiger partial charge in [-0.1, -0.05) is 42.7 Å². The standard InChI is InChI=1S/C25H25N3O3S2/c1-17-12-14-19(15-13-17)33(30,31)27-28-22-10-5-3-2-4-8-18(22)16-20(25(28)29)24-26-21-9-6-7-11-23(21)32-24/h6-7,9,11-16,27H,2-5,8,10H2,1H3. The highest BCUT2D eigenvalue weighted by atomic mass is 32.2. The average molecular weight is 480 g/mol. The number of hydrogen-bond donors (Lipinski definition) is 1. The van der Waals surface area contributed by atoms with Crippen LogP contribution in [-0.4, -0.2) is 18.1 Å². The molecule has 0 saturated heterocycles. The van der Waals surface area contributed by atoms with Gasteiger partial charge in [0.15, 0.2) is 0 Å². The van der Waals surface area contributed by atoms with Crippen LogP contribution in [0.1, 0.15) is 42.5 Å². The first-order valence-corrected chi connectivity index (χ1v) is 13.5. The third kappa shape index (κ3) is 4.32. The van der Waals surface area contributed by atoms with E-state index in [1.54, 1.807) is 24.3 Å². The lowest BCUT2D eigenvalue weighted by Gasteiger charge is -2.21. The summed E-state index contributed by atoms with van der Waals surface area (Å²) in [5.74, 6) is 0. The number of aromatic nitrogens is 2. The van der Waals surface area contributed by atoms with Gasteiger partial charge in [-0.15, -0.1) is 11.3 Å². The Morgan fingerprint density at radius 3 is 2.45 bits per heavy atom. The van der Waals surface area contributed by atoms with E-state index in [4.69, 9.17) is 0 Å². The third-order valence-electron chi connectivity index (χ3n) is 6.07. The fourth-order valence-corrected chi connectivity index (χ4v) is 6.29. The van der Waals surface area contributed by atoms with Gasteiger partial charge >= 0.3 is 0 Å². The van der Waals surface area contributed by atoms with Crippen molar-refractivity contribution in [1.29, 1.82) is 0 Å². The number of thiazole rings is 1. The van der Waals surface area contributed by atoms with E-state index in [1.807, 2.05) is 37.3 Å². The summed E-state index contributed by atoms with van der Waals surface area (Å²) in [6.07, 6.45) is 5.58. The maximum atomic E-state index is 13.7. The first-order valence-electron chi connectivity index (χ1n) is 11.2. The van der Waals surface area contributed by atoms with E-state index in [-0.39, 0.29) is 10.5 Å². The van der Waals surface area contributed by atoms with Crippen molar-refractivity contribution in [3.05, 3.63) is 81.8 Å². The Labute approximate surface area is 197 Å². The molecule has 0 radical (unpaired) electrons. The third-order valence-corrected chi connectivity index (χ3v) is 8.45. The van der Waals surface area contributed by atoms with Crippen LogP contribution >= 0.6 is 11.3 Å². The number of pyridine rings is 1. The van der Waals surface area contributed by atoms with Gasteiger partial charge in [0.1, 0.15) is 5.01 Å². The number of para-hydroxylation sites is 1. The smallest absolute Gasteiger partial charge is 0.267 e. The fourth-order valence-electron chi connectivity index (χ4n) is 4.28. The minimum atomic E-state index is -3.93. The summed E-state index contributed by atoms with van der Waals surface area (Å²) < 4.78 is 28.7. The van der Waals surface area contributed by atoms with Gasteiger partial charge in [0.2, 0.25) is 0 Å². The number of benzene rings is 2. The predicted octanol–water partition coefficient (Wildman–Crippen LogP) is 5.02. The lowest BCUT2D eigenvalue weighted by molar-refractivity contribution is 0.579. The molecule has 2 heterocycles. The first-order chi connectivity index (χ1) is 15.9. The molecule has 0 atom stereocenters. The molecule has 8 heteroatoms. The second-order valence-corrected chi connectivity index (χ2v) is 11.2. The van der Waals surface area contributed by atoms with Crippen LogP contribution in [0, 0.1) is 6.92 Å². The number of hydrogen-bond acceptors (Lipinski definition) is 5. The Morgan fingerprint density at radius 1 is 0.970 bits per heavy atom. The zero-order valence-corrected chi connectivity index (χ0v) is 20.0. The van der Waals surface area contributed by atoms with Crippen molar-refractivity contribution in [2.24, 2.45) is 0 Å². The van der Waals surface area contributed by atoms with Gasteiger partial charge in [0.05, 0.1) is 20.7 Å². The molecule has 2 aromatic heterocycles. The lowest BCUT2D eigenvalue weighted by Crippen LogP contribution is -2.37. The Kier molecular flexibility index (Phi) is 5.80. The second kappa shape index (κ2) is 8.76.